The highest BCUT2D eigenvalue weighted by atomic mass is 35.5. The molecule has 0 saturated carbocycles. The van der Waals surface area contributed by atoms with Crippen molar-refractivity contribution in [2.75, 3.05) is 0 Å². The molecule has 0 unspecified atom stereocenters. The summed E-state index contributed by atoms with van der Waals surface area (Å²) in [5.41, 5.74) is 14.1. The second kappa shape index (κ2) is 5.79. The maximum absolute atomic E-state index is 5.28. The molecule has 0 radical (unpaired) electrons. The van der Waals surface area contributed by atoms with E-state index in [1.54, 1.807) is 0 Å². The summed E-state index contributed by atoms with van der Waals surface area (Å²) in [6, 6.07) is 6.16. The number of nitrogens with zero attached hydrogens (tertiary/aromatic N) is 3. The van der Waals surface area contributed by atoms with Crippen LogP contribution < -0.4 is 11.5 Å². The molecule has 0 amide bonds. The molecule has 18 heavy (non-hydrogen) atoms. The summed E-state index contributed by atoms with van der Waals surface area (Å²) in [6.45, 7) is 4.14. The van der Waals surface area contributed by atoms with Gasteiger partial charge < -0.3 is 11.5 Å². The molecule has 5 nitrogen and oxygen atoms in total. The molecule has 0 bridgehead atoms. The van der Waals surface area contributed by atoms with Crippen LogP contribution in [0.1, 0.15) is 11.1 Å². The first kappa shape index (κ1) is 14.4. The lowest BCUT2D eigenvalue weighted by molar-refractivity contribution is 1.08. The Balaban J connectivity index is 0.00000162. The fourth-order valence-corrected chi connectivity index (χ4v) is 2.09. The van der Waals surface area contributed by atoms with Crippen molar-refractivity contribution in [3.8, 4) is 10.6 Å². The molecule has 0 atom stereocenters. The zero-order chi connectivity index (χ0) is 12.4. The lowest BCUT2D eigenvalue weighted by Gasteiger charge is -2.01. The van der Waals surface area contributed by atoms with Crippen LogP contribution in [0.3, 0.4) is 0 Å². The number of halogens is 1. The van der Waals surface area contributed by atoms with Crippen molar-refractivity contribution in [1.82, 2.24) is 10.2 Å². The van der Waals surface area contributed by atoms with Crippen LogP contribution in [0.25, 0.3) is 10.6 Å². The number of guanidine groups is 1. The van der Waals surface area contributed by atoms with Gasteiger partial charge in [-0.15, -0.1) is 22.6 Å². The number of nitrogens with two attached hydrogens (primary N) is 2. The van der Waals surface area contributed by atoms with Gasteiger partial charge in [-0.2, -0.15) is 4.99 Å². The number of aryl methyl sites for hydroxylation is 2. The summed E-state index contributed by atoms with van der Waals surface area (Å²) >= 11 is 1.36. The lowest BCUT2D eigenvalue weighted by Crippen LogP contribution is -2.21. The number of aliphatic imine (C=N–C) groups is 1. The highest BCUT2D eigenvalue weighted by Gasteiger charge is 2.06. The van der Waals surface area contributed by atoms with Gasteiger partial charge >= 0.3 is 0 Å². The average Bonchev–Trinajstić information content (AvgIpc) is 2.69. The van der Waals surface area contributed by atoms with Crippen molar-refractivity contribution >= 4 is 34.8 Å². The molecular formula is C11H14ClN5S. The Bertz CT molecular complexity index is 575. The molecule has 1 aromatic heterocycles. The summed E-state index contributed by atoms with van der Waals surface area (Å²) in [5, 5.41) is 9.25. The predicted molar refractivity (Wildman–Crippen MR) is 77.5 cm³/mol. The predicted octanol–water partition coefficient (Wildman–Crippen LogP) is 2.15. The number of hydrogen-bond acceptors (Lipinski definition) is 4. The molecular weight excluding hydrogens is 270 g/mol. The van der Waals surface area contributed by atoms with Crippen LogP contribution in [0.15, 0.2) is 23.2 Å². The summed E-state index contributed by atoms with van der Waals surface area (Å²) in [6.07, 6.45) is 0. The largest absolute Gasteiger partial charge is 0.370 e. The minimum absolute atomic E-state index is 0. The van der Waals surface area contributed by atoms with Crippen LogP contribution in [0, 0.1) is 13.8 Å². The van der Waals surface area contributed by atoms with Gasteiger partial charge in [-0.25, -0.2) is 0 Å². The van der Waals surface area contributed by atoms with Gasteiger partial charge in [0.15, 0.2) is 5.96 Å². The van der Waals surface area contributed by atoms with Gasteiger partial charge in [0.2, 0.25) is 5.13 Å². The van der Waals surface area contributed by atoms with E-state index in [1.165, 1.54) is 22.5 Å². The van der Waals surface area contributed by atoms with Crippen LogP contribution in [0.2, 0.25) is 0 Å². The third kappa shape index (κ3) is 3.18. The normalized spacial score (nSPS) is 9.67. The fraction of sp³-hybridized carbons (Fsp3) is 0.182. The van der Waals surface area contributed by atoms with Gasteiger partial charge in [-0.1, -0.05) is 23.5 Å². The topological polar surface area (TPSA) is 90.2 Å². The van der Waals surface area contributed by atoms with Crippen molar-refractivity contribution in [3.63, 3.8) is 0 Å². The zero-order valence-corrected chi connectivity index (χ0v) is 11.7. The summed E-state index contributed by atoms with van der Waals surface area (Å²) in [4.78, 5) is 3.86. The maximum Gasteiger partial charge on any atom is 0.235 e. The smallest absolute Gasteiger partial charge is 0.235 e. The van der Waals surface area contributed by atoms with Gasteiger partial charge in [0.1, 0.15) is 5.01 Å². The molecule has 2 rings (SSSR count). The second-order valence-corrected chi connectivity index (χ2v) is 4.68. The number of aromatic nitrogens is 2. The third-order valence-corrected chi connectivity index (χ3v) is 3.26. The summed E-state index contributed by atoms with van der Waals surface area (Å²) < 4.78 is 0. The molecule has 1 aromatic carbocycles. The second-order valence-electron chi connectivity index (χ2n) is 3.73. The SMILES string of the molecule is Cc1ccc(-c2nnc(N=C(N)N)s2)cc1C.Cl. The van der Waals surface area contributed by atoms with Crippen LogP contribution in [0.5, 0.6) is 0 Å². The van der Waals surface area contributed by atoms with E-state index in [9.17, 15) is 0 Å². The highest BCUT2D eigenvalue weighted by molar-refractivity contribution is 7.18. The van der Waals surface area contributed by atoms with Crippen molar-refractivity contribution in [3.05, 3.63) is 29.3 Å². The number of rotatable bonds is 2. The molecule has 0 aliphatic rings. The summed E-state index contributed by atoms with van der Waals surface area (Å²) in [5.74, 6) is -0.00668. The van der Waals surface area contributed by atoms with Gasteiger partial charge in [0.05, 0.1) is 0 Å². The van der Waals surface area contributed by atoms with Crippen LogP contribution in [-0.2, 0) is 0 Å². The summed E-state index contributed by atoms with van der Waals surface area (Å²) in [7, 11) is 0. The Morgan fingerprint density at radius 3 is 2.50 bits per heavy atom. The van der Waals surface area contributed by atoms with E-state index in [0.29, 0.717) is 5.13 Å². The molecule has 4 N–H and O–H groups in total. The molecule has 1 heterocycles. The van der Waals surface area contributed by atoms with Gasteiger partial charge in [-0.3, -0.25) is 0 Å². The minimum atomic E-state index is -0.00668. The molecule has 96 valence electrons. The lowest BCUT2D eigenvalue weighted by atomic mass is 10.1. The Kier molecular flexibility index (Phi) is 4.63. The molecule has 0 spiro atoms. The Morgan fingerprint density at radius 1 is 1.17 bits per heavy atom. The van der Waals surface area contributed by atoms with Gasteiger partial charge in [-0.05, 0) is 31.0 Å². The van der Waals surface area contributed by atoms with E-state index in [2.05, 4.69) is 41.2 Å². The maximum atomic E-state index is 5.28. The third-order valence-electron chi connectivity index (χ3n) is 2.39. The van der Waals surface area contributed by atoms with Crippen molar-refractivity contribution in [2.45, 2.75) is 13.8 Å². The van der Waals surface area contributed by atoms with Crippen molar-refractivity contribution in [1.29, 1.82) is 0 Å². The van der Waals surface area contributed by atoms with Crippen LogP contribution >= 0.6 is 23.7 Å². The van der Waals surface area contributed by atoms with Gasteiger partial charge in [0, 0.05) is 5.56 Å². The van der Waals surface area contributed by atoms with E-state index in [0.717, 1.165) is 10.6 Å². The van der Waals surface area contributed by atoms with E-state index in [4.69, 9.17) is 11.5 Å². The molecule has 2 aromatic rings. The van der Waals surface area contributed by atoms with Crippen LogP contribution in [-0.4, -0.2) is 16.2 Å². The van der Waals surface area contributed by atoms with E-state index >= 15 is 0 Å². The molecule has 0 saturated heterocycles. The quantitative estimate of drug-likeness (QED) is 0.653. The monoisotopic (exact) mass is 283 g/mol. The van der Waals surface area contributed by atoms with E-state index in [-0.39, 0.29) is 18.4 Å². The number of benzene rings is 1. The van der Waals surface area contributed by atoms with E-state index in [1.807, 2.05) is 6.07 Å². The Morgan fingerprint density at radius 2 is 1.89 bits per heavy atom. The first-order valence-corrected chi connectivity index (χ1v) is 5.88. The minimum Gasteiger partial charge on any atom is -0.370 e. The van der Waals surface area contributed by atoms with Crippen molar-refractivity contribution < 1.29 is 0 Å². The van der Waals surface area contributed by atoms with Crippen LogP contribution in [0.4, 0.5) is 5.13 Å². The average molecular weight is 284 g/mol. The molecule has 0 fully saturated rings. The molecule has 7 heteroatoms. The highest BCUT2D eigenvalue weighted by Crippen LogP contribution is 2.28. The Hall–Kier alpha value is -1.66. The zero-order valence-electron chi connectivity index (χ0n) is 10.0. The fourth-order valence-electron chi connectivity index (χ4n) is 1.36. The molecule has 0 aliphatic carbocycles. The first-order chi connectivity index (χ1) is 8.06. The van der Waals surface area contributed by atoms with Gasteiger partial charge in [0.25, 0.3) is 0 Å². The standard InChI is InChI=1S/C11H13N5S.ClH/c1-6-3-4-8(5-7(6)2)9-15-16-11(17-9)14-10(12)13;/h3-5H,1-2H3,(H4,12,13,14,16);1H. The number of hydrogen-bond donors (Lipinski definition) is 2. The first-order valence-electron chi connectivity index (χ1n) is 5.07. The Labute approximate surface area is 115 Å². The molecule has 0 aliphatic heterocycles. The van der Waals surface area contributed by atoms with E-state index < -0.39 is 0 Å². The van der Waals surface area contributed by atoms with Crippen molar-refractivity contribution in [2.24, 2.45) is 16.5 Å².